The predicted octanol–water partition coefficient (Wildman–Crippen LogP) is 1.87. The lowest BCUT2D eigenvalue weighted by molar-refractivity contribution is 0.371. The number of benzene rings is 1. The molecule has 0 saturated carbocycles. The quantitative estimate of drug-likeness (QED) is 0.831. The molecule has 6 nitrogen and oxygen atoms in total. The van der Waals surface area contributed by atoms with Gasteiger partial charge in [-0.25, -0.2) is 4.79 Å². The summed E-state index contributed by atoms with van der Waals surface area (Å²) in [5, 5.41) is 18.8. The molecule has 1 aliphatic rings. The minimum absolute atomic E-state index is 0.0434. The summed E-state index contributed by atoms with van der Waals surface area (Å²) in [6.07, 6.45) is 0. The first-order valence-corrected chi connectivity index (χ1v) is 6.52. The van der Waals surface area contributed by atoms with Crippen molar-refractivity contribution in [3.8, 4) is 17.6 Å². The van der Waals surface area contributed by atoms with Crippen LogP contribution in [-0.4, -0.2) is 5.11 Å². The van der Waals surface area contributed by atoms with Crippen molar-refractivity contribution in [3.63, 3.8) is 0 Å². The van der Waals surface area contributed by atoms with Gasteiger partial charge in [0, 0.05) is 6.07 Å². The fraction of sp³-hybridized carbons (Fsp3) is 0.125. The lowest BCUT2D eigenvalue weighted by atomic mass is 9.84. The molecule has 1 atom stereocenters. The van der Waals surface area contributed by atoms with E-state index < -0.39 is 11.5 Å². The molecule has 0 amide bonds. The number of hydrogen-bond donors (Lipinski definition) is 2. The molecule has 1 unspecified atom stereocenters. The van der Waals surface area contributed by atoms with Gasteiger partial charge in [-0.15, -0.1) is 0 Å². The lowest BCUT2D eigenvalue weighted by Gasteiger charge is -2.25. The third-order valence-corrected chi connectivity index (χ3v) is 3.48. The second-order valence-corrected chi connectivity index (χ2v) is 4.94. The first-order chi connectivity index (χ1) is 10.5. The number of nitrogens with zero attached hydrogens (tertiary/aromatic N) is 1. The Morgan fingerprint density at radius 2 is 2.00 bits per heavy atom. The number of ether oxygens (including phenoxy) is 1. The Hall–Kier alpha value is -3.20. The molecule has 3 N–H and O–H groups in total. The monoisotopic (exact) mass is 296 g/mol. The summed E-state index contributed by atoms with van der Waals surface area (Å²) >= 11 is 0. The molecule has 2 heterocycles. The first-order valence-electron chi connectivity index (χ1n) is 6.52. The van der Waals surface area contributed by atoms with E-state index in [4.69, 9.17) is 14.9 Å². The lowest BCUT2D eigenvalue weighted by Crippen LogP contribution is -2.26. The van der Waals surface area contributed by atoms with Crippen molar-refractivity contribution < 1.29 is 14.3 Å². The van der Waals surface area contributed by atoms with Gasteiger partial charge in [0.1, 0.15) is 28.9 Å². The van der Waals surface area contributed by atoms with E-state index in [1.807, 2.05) is 6.07 Å². The molecule has 1 aromatic carbocycles. The predicted molar refractivity (Wildman–Crippen MR) is 77.1 cm³/mol. The number of fused-ring (bicyclic) bond motifs is 1. The van der Waals surface area contributed by atoms with Crippen molar-refractivity contribution in [2.24, 2.45) is 5.73 Å². The molecule has 1 aliphatic heterocycles. The maximum absolute atomic E-state index is 12.2. The van der Waals surface area contributed by atoms with E-state index in [1.165, 1.54) is 12.1 Å². The number of nitriles is 1. The highest BCUT2D eigenvalue weighted by molar-refractivity contribution is 5.54. The Morgan fingerprint density at radius 1 is 1.32 bits per heavy atom. The Morgan fingerprint density at radius 3 is 2.64 bits per heavy atom. The van der Waals surface area contributed by atoms with Crippen LogP contribution in [0.2, 0.25) is 0 Å². The van der Waals surface area contributed by atoms with Gasteiger partial charge in [0.15, 0.2) is 0 Å². The third-order valence-electron chi connectivity index (χ3n) is 3.48. The Kier molecular flexibility index (Phi) is 3.11. The summed E-state index contributed by atoms with van der Waals surface area (Å²) in [6.45, 7) is 1.63. The Balaban J connectivity index is 2.29. The molecule has 0 saturated heterocycles. The number of aromatic hydroxyl groups is 1. The van der Waals surface area contributed by atoms with Crippen LogP contribution in [0.3, 0.4) is 0 Å². The molecule has 3 rings (SSSR count). The highest BCUT2D eigenvalue weighted by Crippen LogP contribution is 2.40. The second-order valence-electron chi connectivity index (χ2n) is 4.94. The maximum atomic E-state index is 12.2. The average Bonchev–Trinajstić information content (AvgIpc) is 2.46. The zero-order valence-electron chi connectivity index (χ0n) is 11.7. The van der Waals surface area contributed by atoms with Crippen molar-refractivity contribution >= 4 is 0 Å². The number of nitrogens with two attached hydrogens (primary N) is 1. The fourth-order valence-corrected chi connectivity index (χ4v) is 2.52. The van der Waals surface area contributed by atoms with Crippen LogP contribution in [0.1, 0.15) is 22.8 Å². The molecule has 6 heteroatoms. The minimum atomic E-state index is -0.689. The van der Waals surface area contributed by atoms with Crippen LogP contribution < -0.4 is 16.1 Å². The molecule has 22 heavy (non-hydrogen) atoms. The largest absolute Gasteiger partial charge is 0.508 e. The summed E-state index contributed by atoms with van der Waals surface area (Å²) in [5.74, 6) is 0.0245. The van der Waals surface area contributed by atoms with Gasteiger partial charge in [0.25, 0.3) is 0 Å². The van der Waals surface area contributed by atoms with Crippen LogP contribution in [0.15, 0.2) is 51.0 Å². The number of allylic oxidation sites excluding steroid dienone is 1. The number of aryl methyl sites for hydroxylation is 1. The highest BCUT2D eigenvalue weighted by atomic mass is 16.5. The number of rotatable bonds is 1. The SMILES string of the molecule is Cc1cc2c(c(=O)o1)C(c1ccc(O)cc1)C(C#N)=C(N)O2. The molecule has 110 valence electrons. The molecule has 0 bridgehead atoms. The molecule has 0 fully saturated rings. The van der Waals surface area contributed by atoms with Crippen LogP contribution in [0.5, 0.6) is 11.5 Å². The topological polar surface area (TPSA) is 109 Å². The normalized spacial score (nSPS) is 16.6. The maximum Gasteiger partial charge on any atom is 0.343 e. The molecule has 1 aromatic heterocycles. The van der Waals surface area contributed by atoms with Crippen LogP contribution in [0.25, 0.3) is 0 Å². The van der Waals surface area contributed by atoms with Crippen molar-refractivity contribution in [3.05, 3.63) is 69.1 Å². The van der Waals surface area contributed by atoms with Gasteiger partial charge in [-0.1, -0.05) is 12.1 Å². The number of hydrogen-bond acceptors (Lipinski definition) is 6. The molecule has 0 spiro atoms. The standard InChI is InChI=1S/C16H12N2O4/c1-8-6-12-14(16(20)21-8)13(11(7-17)15(18)22-12)9-2-4-10(19)5-3-9/h2-6,13,19H,18H2,1H3. The van der Waals surface area contributed by atoms with E-state index >= 15 is 0 Å². The van der Waals surface area contributed by atoms with Gasteiger partial charge in [-0.2, -0.15) is 5.26 Å². The van der Waals surface area contributed by atoms with Crippen molar-refractivity contribution in [1.82, 2.24) is 0 Å². The average molecular weight is 296 g/mol. The Bertz CT molecular complexity index is 872. The summed E-state index contributed by atoms with van der Waals surface area (Å²) in [6, 6.07) is 9.75. The van der Waals surface area contributed by atoms with E-state index in [2.05, 4.69) is 0 Å². The molecule has 0 radical (unpaired) electrons. The van der Waals surface area contributed by atoms with Gasteiger partial charge in [-0.05, 0) is 24.6 Å². The van der Waals surface area contributed by atoms with E-state index in [0.717, 1.165) is 0 Å². The molecular weight excluding hydrogens is 284 g/mol. The van der Waals surface area contributed by atoms with E-state index in [1.54, 1.807) is 25.1 Å². The summed E-state index contributed by atoms with van der Waals surface area (Å²) in [5.41, 5.74) is 6.23. The zero-order valence-corrected chi connectivity index (χ0v) is 11.7. The summed E-state index contributed by atoms with van der Waals surface area (Å²) in [4.78, 5) is 12.2. The smallest absolute Gasteiger partial charge is 0.343 e. The summed E-state index contributed by atoms with van der Waals surface area (Å²) in [7, 11) is 0. The van der Waals surface area contributed by atoms with Gasteiger partial charge >= 0.3 is 5.63 Å². The van der Waals surface area contributed by atoms with Crippen LogP contribution in [0, 0.1) is 18.3 Å². The van der Waals surface area contributed by atoms with Crippen LogP contribution in [0.4, 0.5) is 0 Å². The Labute approximate surface area is 125 Å². The molecular formula is C16H12N2O4. The van der Waals surface area contributed by atoms with Crippen LogP contribution in [-0.2, 0) is 0 Å². The van der Waals surface area contributed by atoms with Gasteiger partial charge in [0.05, 0.1) is 11.5 Å². The minimum Gasteiger partial charge on any atom is -0.508 e. The summed E-state index contributed by atoms with van der Waals surface area (Å²) < 4.78 is 10.5. The van der Waals surface area contributed by atoms with E-state index in [9.17, 15) is 15.2 Å². The van der Waals surface area contributed by atoms with Gasteiger partial charge < -0.3 is 20.0 Å². The first kappa shape index (κ1) is 13.8. The van der Waals surface area contributed by atoms with Crippen molar-refractivity contribution in [2.75, 3.05) is 0 Å². The fourth-order valence-electron chi connectivity index (χ4n) is 2.52. The van der Waals surface area contributed by atoms with Crippen LogP contribution >= 0.6 is 0 Å². The highest BCUT2D eigenvalue weighted by Gasteiger charge is 2.34. The third kappa shape index (κ3) is 2.09. The molecule has 0 aliphatic carbocycles. The number of phenols is 1. The van der Waals surface area contributed by atoms with Crippen molar-refractivity contribution in [2.45, 2.75) is 12.8 Å². The van der Waals surface area contributed by atoms with E-state index in [-0.39, 0.29) is 28.5 Å². The van der Waals surface area contributed by atoms with Crippen molar-refractivity contribution in [1.29, 1.82) is 5.26 Å². The number of phenolic OH excluding ortho intramolecular Hbond substituents is 1. The second kappa shape index (κ2) is 4.97. The van der Waals surface area contributed by atoms with E-state index in [0.29, 0.717) is 11.3 Å². The van der Waals surface area contributed by atoms with Gasteiger partial charge in [-0.3, -0.25) is 0 Å². The zero-order chi connectivity index (χ0) is 15.9. The molecule has 2 aromatic rings. The van der Waals surface area contributed by atoms with Gasteiger partial charge in [0.2, 0.25) is 5.88 Å².